The molecule has 2 rings (SSSR count). The van der Waals surface area contributed by atoms with Crippen molar-refractivity contribution in [3.63, 3.8) is 0 Å². The molecule has 15 heavy (non-hydrogen) atoms. The summed E-state index contributed by atoms with van der Waals surface area (Å²) in [5, 5.41) is 2.79. The summed E-state index contributed by atoms with van der Waals surface area (Å²) in [4.78, 5) is 1.10. The van der Waals surface area contributed by atoms with E-state index in [1.54, 1.807) is 24.8 Å². The van der Waals surface area contributed by atoms with Crippen molar-refractivity contribution in [2.75, 3.05) is 18.1 Å². The van der Waals surface area contributed by atoms with Crippen molar-refractivity contribution in [2.45, 2.75) is 23.7 Å². The Hall–Kier alpha value is -0.770. The van der Waals surface area contributed by atoms with Crippen LogP contribution in [0.2, 0.25) is 0 Å². The van der Waals surface area contributed by atoms with E-state index in [9.17, 15) is 8.78 Å². The minimum Gasteiger partial charge on any atom is -0.379 e. The lowest BCUT2D eigenvalue weighted by Gasteiger charge is -2.32. The van der Waals surface area contributed by atoms with E-state index in [2.05, 4.69) is 5.32 Å². The first kappa shape index (κ1) is 10.7. The fraction of sp³-hybridized carbons (Fsp3) is 0.455. The highest BCUT2D eigenvalue weighted by Gasteiger charge is 2.41. The quantitative estimate of drug-likeness (QED) is 0.739. The van der Waals surface area contributed by atoms with Crippen molar-refractivity contribution in [3.05, 3.63) is 23.8 Å². The van der Waals surface area contributed by atoms with E-state index < -0.39 is 11.8 Å². The van der Waals surface area contributed by atoms with E-state index in [1.807, 2.05) is 18.4 Å². The summed E-state index contributed by atoms with van der Waals surface area (Å²) < 4.78 is 26.8. The fourth-order valence-electron chi connectivity index (χ4n) is 1.79. The Bertz CT molecular complexity index is 379. The standard InChI is InChI=1S/C11H13F2NS/c1-7-9-4-3-8(15-2)5-10(9)14-6-11(7,12)13/h3-5,7,14H,6H2,1-2H3/t7-/m1/s1. The number of halogens is 2. The molecule has 0 saturated carbocycles. The first-order valence-electron chi connectivity index (χ1n) is 4.84. The summed E-state index contributed by atoms with van der Waals surface area (Å²) in [6.07, 6.45) is 1.97. The van der Waals surface area contributed by atoms with Gasteiger partial charge in [0.15, 0.2) is 0 Å². The van der Waals surface area contributed by atoms with Crippen LogP contribution in [0.15, 0.2) is 23.1 Å². The molecule has 1 aromatic carbocycles. The maximum atomic E-state index is 13.4. The van der Waals surface area contributed by atoms with Crippen molar-refractivity contribution in [1.29, 1.82) is 0 Å². The Kier molecular flexibility index (Phi) is 2.63. The summed E-state index contributed by atoms with van der Waals surface area (Å²) >= 11 is 1.62. The SMILES string of the molecule is CSc1ccc2c(c1)NCC(F)(F)[C@@H]2C. The van der Waals surface area contributed by atoms with Gasteiger partial charge in [-0.1, -0.05) is 13.0 Å². The molecule has 0 aliphatic carbocycles. The van der Waals surface area contributed by atoms with E-state index in [-0.39, 0.29) is 6.54 Å². The van der Waals surface area contributed by atoms with E-state index in [1.165, 1.54) is 0 Å². The van der Waals surface area contributed by atoms with E-state index in [4.69, 9.17) is 0 Å². The summed E-state index contributed by atoms with van der Waals surface area (Å²) in [6, 6.07) is 5.63. The lowest BCUT2D eigenvalue weighted by molar-refractivity contribution is -0.0117. The topological polar surface area (TPSA) is 12.0 Å². The highest BCUT2D eigenvalue weighted by atomic mass is 32.2. The number of fused-ring (bicyclic) bond motifs is 1. The molecule has 1 heterocycles. The number of benzene rings is 1. The molecular formula is C11H13F2NS. The molecule has 4 heteroatoms. The average molecular weight is 229 g/mol. The van der Waals surface area contributed by atoms with Crippen LogP contribution in [0, 0.1) is 0 Å². The molecule has 0 saturated heterocycles. The molecule has 1 aromatic rings. The predicted molar refractivity (Wildman–Crippen MR) is 60.1 cm³/mol. The number of hydrogen-bond donors (Lipinski definition) is 1. The number of alkyl halides is 2. The molecule has 0 aromatic heterocycles. The molecule has 0 amide bonds. The highest BCUT2D eigenvalue weighted by molar-refractivity contribution is 7.98. The van der Waals surface area contributed by atoms with Crippen LogP contribution in [-0.2, 0) is 0 Å². The smallest absolute Gasteiger partial charge is 0.271 e. The Balaban J connectivity index is 2.42. The van der Waals surface area contributed by atoms with E-state index in [0.29, 0.717) is 5.56 Å². The summed E-state index contributed by atoms with van der Waals surface area (Å²) in [5.74, 6) is -3.35. The maximum absolute atomic E-state index is 13.4. The Morgan fingerprint density at radius 2 is 2.20 bits per heavy atom. The first-order valence-corrected chi connectivity index (χ1v) is 6.06. The van der Waals surface area contributed by atoms with Gasteiger partial charge in [-0.25, -0.2) is 8.78 Å². The van der Waals surface area contributed by atoms with Crippen molar-refractivity contribution in [1.82, 2.24) is 0 Å². The van der Waals surface area contributed by atoms with Gasteiger partial charge in [-0.05, 0) is 24.0 Å². The third-order valence-electron chi connectivity index (χ3n) is 2.88. The van der Waals surface area contributed by atoms with Crippen LogP contribution in [0.25, 0.3) is 0 Å². The number of nitrogens with one attached hydrogen (secondary N) is 1. The monoisotopic (exact) mass is 229 g/mol. The molecule has 0 fully saturated rings. The lowest BCUT2D eigenvalue weighted by Crippen LogP contribution is -2.37. The van der Waals surface area contributed by atoms with Crippen molar-refractivity contribution in [2.24, 2.45) is 0 Å². The third-order valence-corrected chi connectivity index (χ3v) is 3.60. The zero-order valence-electron chi connectivity index (χ0n) is 8.68. The van der Waals surface area contributed by atoms with Crippen molar-refractivity contribution in [3.8, 4) is 0 Å². The van der Waals surface area contributed by atoms with Gasteiger partial charge in [0.25, 0.3) is 5.92 Å². The van der Waals surface area contributed by atoms with Crippen LogP contribution in [0.1, 0.15) is 18.4 Å². The molecule has 1 atom stereocenters. The van der Waals surface area contributed by atoms with Crippen LogP contribution >= 0.6 is 11.8 Å². The first-order chi connectivity index (χ1) is 7.04. The molecule has 0 radical (unpaired) electrons. The Labute approximate surface area is 92.3 Å². The average Bonchev–Trinajstić information content (AvgIpc) is 2.23. The number of anilines is 1. The minimum absolute atomic E-state index is 0.265. The van der Waals surface area contributed by atoms with Crippen molar-refractivity contribution < 1.29 is 8.78 Å². The second-order valence-electron chi connectivity index (χ2n) is 3.79. The van der Waals surface area contributed by atoms with Gasteiger partial charge in [0.1, 0.15) is 0 Å². The van der Waals surface area contributed by atoms with Gasteiger partial charge in [0.05, 0.1) is 6.54 Å². The van der Waals surface area contributed by atoms with Gasteiger partial charge in [-0.2, -0.15) is 0 Å². The Morgan fingerprint density at radius 3 is 2.87 bits per heavy atom. The van der Waals surface area contributed by atoms with Gasteiger partial charge in [-0.15, -0.1) is 11.8 Å². The van der Waals surface area contributed by atoms with Gasteiger partial charge >= 0.3 is 0 Å². The minimum atomic E-state index is -2.64. The Morgan fingerprint density at radius 1 is 1.47 bits per heavy atom. The van der Waals surface area contributed by atoms with Crippen LogP contribution in [-0.4, -0.2) is 18.7 Å². The van der Waals surface area contributed by atoms with E-state index >= 15 is 0 Å². The van der Waals surface area contributed by atoms with Crippen LogP contribution in [0.3, 0.4) is 0 Å². The molecule has 0 bridgehead atoms. The second-order valence-corrected chi connectivity index (χ2v) is 4.67. The maximum Gasteiger partial charge on any atom is 0.271 e. The van der Waals surface area contributed by atoms with Gasteiger partial charge in [0, 0.05) is 16.5 Å². The number of hydrogen-bond acceptors (Lipinski definition) is 2. The molecule has 1 aliphatic heterocycles. The molecular weight excluding hydrogens is 216 g/mol. The van der Waals surface area contributed by atoms with E-state index in [0.717, 1.165) is 10.6 Å². The second kappa shape index (κ2) is 3.67. The predicted octanol–water partition coefficient (Wildman–Crippen LogP) is 3.57. The fourth-order valence-corrected chi connectivity index (χ4v) is 2.23. The summed E-state index contributed by atoms with van der Waals surface area (Å²) in [5.41, 5.74) is 1.56. The number of rotatable bonds is 1. The van der Waals surface area contributed by atoms with Gasteiger partial charge in [-0.3, -0.25) is 0 Å². The largest absolute Gasteiger partial charge is 0.379 e. The molecule has 82 valence electrons. The van der Waals surface area contributed by atoms with Crippen LogP contribution < -0.4 is 5.32 Å². The normalized spacial score (nSPS) is 23.1. The van der Waals surface area contributed by atoms with Gasteiger partial charge in [0.2, 0.25) is 0 Å². The molecule has 0 unspecified atom stereocenters. The van der Waals surface area contributed by atoms with Crippen molar-refractivity contribution >= 4 is 17.4 Å². The highest BCUT2D eigenvalue weighted by Crippen LogP contribution is 2.41. The zero-order valence-corrected chi connectivity index (χ0v) is 9.50. The third kappa shape index (κ3) is 1.83. The number of thioether (sulfide) groups is 1. The zero-order chi connectivity index (χ0) is 11.1. The molecule has 0 spiro atoms. The molecule has 1 N–H and O–H groups in total. The van der Waals surface area contributed by atoms with Crippen LogP contribution in [0.4, 0.5) is 14.5 Å². The van der Waals surface area contributed by atoms with Gasteiger partial charge < -0.3 is 5.32 Å². The molecule has 1 nitrogen and oxygen atoms in total. The summed E-state index contributed by atoms with van der Waals surface area (Å²) in [7, 11) is 0. The lowest BCUT2D eigenvalue weighted by atomic mass is 9.90. The summed E-state index contributed by atoms with van der Waals surface area (Å²) in [6.45, 7) is 1.32. The molecule has 1 aliphatic rings. The van der Waals surface area contributed by atoms with Crippen LogP contribution in [0.5, 0.6) is 0 Å².